The molecule has 0 saturated carbocycles. The molecule has 0 spiro atoms. The van der Waals surface area contributed by atoms with Gasteiger partial charge in [0.15, 0.2) is 0 Å². The molecule has 1 heterocycles. The van der Waals surface area contributed by atoms with Crippen LogP contribution >= 0.6 is 0 Å². The minimum absolute atomic E-state index is 0.220. The summed E-state index contributed by atoms with van der Waals surface area (Å²) in [6.45, 7) is 1.85. The van der Waals surface area contributed by atoms with E-state index in [1.807, 2.05) is 66.9 Å². The van der Waals surface area contributed by atoms with Gasteiger partial charge >= 0.3 is 0 Å². The zero-order chi connectivity index (χ0) is 18.4. The van der Waals surface area contributed by atoms with E-state index in [0.29, 0.717) is 0 Å². The Morgan fingerprint density at radius 1 is 1.15 bits per heavy atom. The van der Waals surface area contributed by atoms with Crippen LogP contribution in [0.1, 0.15) is 12.5 Å². The molecule has 0 aliphatic heterocycles. The number of amides is 1. The third-order valence-corrected chi connectivity index (χ3v) is 3.80. The lowest BCUT2D eigenvalue weighted by atomic mass is 10.1. The Morgan fingerprint density at radius 2 is 1.81 bits per heavy atom. The molecule has 0 fully saturated rings. The van der Waals surface area contributed by atoms with Crippen molar-refractivity contribution in [2.75, 3.05) is 6.54 Å². The molecule has 0 saturated heterocycles. The van der Waals surface area contributed by atoms with Crippen LogP contribution in [0.3, 0.4) is 0 Å². The van der Waals surface area contributed by atoms with Crippen molar-refractivity contribution in [1.82, 2.24) is 15.1 Å². The van der Waals surface area contributed by atoms with E-state index in [1.165, 1.54) is 6.08 Å². The molecule has 0 aliphatic rings. The lowest BCUT2D eigenvalue weighted by Crippen LogP contribution is -2.28. The third kappa shape index (κ3) is 4.46. The standard InChI is InChI=1S/C21H21N3O2/c1-16(25)14-22-20(26)13-12-18-15-24(19-10-6-3-7-11-19)23-21(18)17-8-4-2-5-9-17/h2-13,15-16,25H,14H2,1H3,(H,22,26)/b13-12+. The summed E-state index contributed by atoms with van der Waals surface area (Å²) in [6.07, 6.45) is 4.52. The number of aromatic nitrogens is 2. The number of aliphatic hydroxyl groups is 1. The Hall–Kier alpha value is -3.18. The van der Waals surface area contributed by atoms with Crippen LogP contribution in [0.5, 0.6) is 0 Å². The van der Waals surface area contributed by atoms with Gasteiger partial charge in [-0.2, -0.15) is 5.10 Å². The van der Waals surface area contributed by atoms with Crippen molar-refractivity contribution in [2.24, 2.45) is 0 Å². The number of nitrogens with zero attached hydrogens (tertiary/aromatic N) is 2. The molecule has 1 amide bonds. The lowest BCUT2D eigenvalue weighted by Gasteiger charge is -2.03. The molecule has 0 bridgehead atoms. The number of aliphatic hydroxyl groups excluding tert-OH is 1. The molecule has 1 aromatic heterocycles. The second-order valence-corrected chi connectivity index (χ2v) is 6.01. The van der Waals surface area contributed by atoms with Crippen LogP contribution < -0.4 is 5.32 Å². The van der Waals surface area contributed by atoms with Gasteiger partial charge in [-0.25, -0.2) is 4.68 Å². The number of nitrogens with one attached hydrogen (secondary N) is 1. The summed E-state index contributed by atoms with van der Waals surface area (Å²) >= 11 is 0. The van der Waals surface area contributed by atoms with E-state index < -0.39 is 6.10 Å². The number of rotatable bonds is 6. The predicted molar refractivity (Wildman–Crippen MR) is 103 cm³/mol. The van der Waals surface area contributed by atoms with Crippen molar-refractivity contribution in [3.63, 3.8) is 0 Å². The summed E-state index contributed by atoms with van der Waals surface area (Å²) in [7, 11) is 0. The number of hydrogen-bond donors (Lipinski definition) is 2. The van der Waals surface area contributed by atoms with Gasteiger partial charge in [-0.05, 0) is 25.1 Å². The Labute approximate surface area is 152 Å². The minimum Gasteiger partial charge on any atom is -0.392 e. The van der Waals surface area contributed by atoms with Crippen LogP contribution in [-0.2, 0) is 4.79 Å². The van der Waals surface area contributed by atoms with Crippen LogP contribution in [0.15, 0.2) is 72.9 Å². The molecule has 26 heavy (non-hydrogen) atoms. The Morgan fingerprint density at radius 3 is 2.46 bits per heavy atom. The van der Waals surface area contributed by atoms with E-state index in [1.54, 1.807) is 17.7 Å². The highest BCUT2D eigenvalue weighted by Crippen LogP contribution is 2.24. The average Bonchev–Trinajstić information content (AvgIpc) is 3.10. The highest BCUT2D eigenvalue weighted by atomic mass is 16.3. The van der Waals surface area contributed by atoms with E-state index in [2.05, 4.69) is 5.32 Å². The quantitative estimate of drug-likeness (QED) is 0.674. The first-order chi connectivity index (χ1) is 12.6. The first-order valence-corrected chi connectivity index (χ1v) is 8.48. The molecule has 2 N–H and O–H groups in total. The fourth-order valence-electron chi connectivity index (χ4n) is 2.52. The molecule has 5 heteroatoms. The largest absolute Gasteiger partial charge is 0.392 e. The number of benzene rings is 2. The number of carbonyl (C=O) groups is 1. The van der Waals surface area contributed by atoms with E-state index >= 15 is 0 Å². The number of carbonyl (C=O) groups excluding carboxylic acids is 1. The highest BCUT2D eigenvalue weighted by molar-refractivity contribution is 5.92. The van der Waals surface area contributed by atoms with Gasteiger partial charge in [-0.3, -0.25) is 4.79 Å². The fourth-order valence-corrected chi connectivity index (χ4v) is 2.52. The Bertz CT molecular complexity index is 884. The van der Waals surface area contributed by atoms with E-state index in [9.17, 15) is 9.90 Å². The summed E-state index contributed by atoms with van der Waals surface area (Å²) in [6, 6.07) is 19.7. The zero-order valence-electron chi connectivity index (χ0n) is 14.5. The van der Waals surface area contributed by atoms with Gasteiger partial charge in [0.25, 0.3) is 0 Å². The molecule has 3 rings (SSSR count). The average molecular weight is 347 g/mol. The zero-order valence-corrected chi connectivity index (χ0v) is 14.5. The fraction of sp³-hybridized carbons (Fsp3) is 0.143. The lowest BCUT2D eigenvalue weighted by molar-refractivity contribution is -0.116. The highest BCUT2D eigenvalue weighted by Gasteiger charge is 2.10. The summed E-state index contributed by atoms with van der Waals surface area (Å²) in [5.74, 6) is -0.252. The number of para-hydroxylation sites is 1. The summed E-state index contributed by atoms with van der Waals surface area (Å²) in [4.78, 5) is 11.9. The van der Waals surface area contributed by atoms with Crippen LogP contribution in [-0.4, -0.2) is 33.4 Å². The van der Waals surface area contributed by atoms with Gasteiger partial charge in [-0.1, -0.05) is 48.5 Å². The van der Waals surface area contributed by atoms with Gasteiger partial charge in [-0.15, -0.1) is 0 Å². The maximum Gasteiger partial charge on any atom is 0.244 e. The van der Waals surface area contributed by atoms with Crippen molar-refractivity contribution >= 4 is 12.0 Å². The molecule has 2 aromatic carbocycles. The monoisotopic (exact) mass is 347 g/mol. The van der Waals surface area contributed by atoms with Gasteiger partial charge in [0.05, 0.1) is 17.5 Å². The first-order valence-electron chi connectivity index (χ1n) is 8.48. The molecular weight excluding hydrogens is 326 g/mol. The Balaban J connectivity index is 1.92. The molecule has 132 valence electrons. The van der Waals surface area contributed by atoms with Crippen LogP contribution in [0.2, 0.25) is 0 Å². The predicted octanol–water partition coefficient (Wildman–Crippen LogP) is 3.05. The molecule has 0 radical (unpaired) electrons. The van der Waals surface area contributed by atoms with Crippen molar-refractivity contribution in [3.05, 3.63) is 78.5 Å². The SMILES string of the molecule is CC(O)CNC(=O)/C=C/c1cn(-c2ccccc2)nc1-c1ccccc1. The van der Waals surface area contributed by atoms with Gasteiger partial charge in [0.1, 0.15) is 0 Å². The summed E-state index contributed by atoms with van der Waals surface area (Å²) < 4.78 is 1.80. The molecule has 3 aromatic rings. The normalized spacial score (nSPS) is 12.2. The van der Waals surface area contributed by atoms with E-state index in [-0.39, 0.29) is 12.5 Å². The van der Waals surface area contributed by atoms with Gasteiger partial charge < -0.3 is 10.4 Å². The van der Waals surface area contributed by atoms with E-state index in [0.717, 1.165) is 22.5 Å². The maximum atomic E-state index is 11.9. The van der Waals surface area contributed by atoms with Crippen LogP contribution in [0.4, 0.5) is 0 Å². The second-order valence-electron chi connectivity index (χ2n) is 6.01. The molecule has 5 nitrogen and oxygen atoms in total. The second kappa shape index (κ2) is 8.27. The first kappa shape index (κ1) is 17.6. The van der Waals surface area contributed by atoms with Crippen LogP contribution in [0.25, 0.3) is 23.0 Å². The molecular formula is C21H21N3O2. The Kier molecular flexibility index (Phi) is 5.61. The topological polar surface area (TPSA) is 67.2 Å². The van der Waals surface area contributed by atoms with Gasteiger partial charge in [0, 0.05) is 29.9 Å². The van der Waals surface area contributed by atoms with Crippen molar-refractivity contribution in [1.29, 1.82) is 0 Å². The summed E-state index contributed by atoms with van der Waals surface area (Å²) in [5, 5.41) is 16.6. The molecule has 1 unspecified atom stereocenters. The van der Waals surface area contributed by atoms with Crippen molar-refractivity contribution in [3.8, 4) is 16.9 Å². The number of hydrogen-bond acceptors (Lipinski definition) is 3. The molecule has 0 aliphatic carbocycles. The third-order valence-electron chi connectivity index (χ3n) is 3.80. The van der Waals surface area contributed by atoms with E-state index in [4.69, 9.17) is 5.10 Å². The molecule has 1 atom stereocenters. The van der Waals surface area contributed by atoms with Gasteiger partial charge in [0.2, 0.25) is 5.91 Å². The van der Waals surface area contributed by atoms with Crippen molar-refractivity contribution in [2.45, 2.75) is 13.0 Å². The summed E-state index contributed by atoms with van der Waals surface area (Å²) in [5.41, 5.74) is 3.57. The minimum atomic E-state index is -0.576. The van der Waals surface area contributed by atoms with Crippen LogP contribution in [0, 0.1) is 0 Å². The smallest absolute Gasteiger partial charge is 0.244 e. The van der Waals surface area contributed by atoms with Crippen molar-refractivity contribution < 1.29 is 9.90 Å². The maximum absolute atomic E-state index is 11.9.